The predicted molar refractivity (Wildman–Crippen MR) is 61.4 cm³/mol. The Hall–Kier alpha value is -0.740. The third-order valence-corrected chi connectivity index (χ3v) is 2.63. The lowest BCUT2D eigenvalue weighted by atomic mass is 10.1. The van der Waals surface area contributed by atoms with Gasteiger partial charge in [-0.3, -0.25) is 4.79 Å². The van der Waals surface area contributed by atoms with Crippen LogP contribution in [0.25, 0.3) is 0 Å². The van der Waals surface area contributed by atoms with Crippen molar-refractivity contribution in [2.75, 3.05) is 20.6 Å². The van der Waals surface area contributed by atoms with E-state index >= 15 is 0 Å². The summed E-state index contributed by atoms with van der Waals surface area (Å²) in [6.07, 6.45) is 0.332. The van der Waals surface area contributed by atoms with E-state index in [4.69, 9.17) is 0 Å². The van der Waals surface area contributed by atoms with Crippen LogP contribution in [-0.4, -0.2) is 31.3 Å². The van der Waals surface area contributed by atoms with Gasteiger partial charge in [-0.25, -0.2) is 4.39 Å². The van der Waals surface area contributed by atoms with Crippen molar-refractivity contribution in [3.8, 4) is 0 Å². The molecule has 0 bridgehead atoms. The summed E-state index contributed by atoms with van der Waals surface area (Å²) in [4.78, 5) is 13.3. The molecule has 0 fully saturated rings. The lowest BCUT2D eigenvalue weighted by molar-refractivity contribution is -0.119. The first-order valence-electron chi connectivity index (χ1n) is 4.59. The molecule has 0 N–H and O–H groups in total. The van der Waals surface area contributed by atoms with Crippen LogP contribution >= 0.6 is 15.9 Å². The van der Waals surface area contributed by atoms with Gasteiger partial charge in [-0.15, -0.1) is 0 Å². The first kappa shape index (κ1) is 12.3. The SMILES string of the molecule is CN(C)CC(=O)Cc1ccc(F)cc1Br. The van der Waals surface area contributed by atoms with Crippen LogP contribution in [0.15, 0.2) is 22.7 Å². The summed E-state index contributed by atoms with van der Waals surface area (Å²) in [5, 5.41) is 0. The molecule has 0 atom stereocenters. The molecule has 1 aromatic rings. The monoisotopic (exact) mass is 273 g/mol. The zero-order valence-corrected chi connectivity index (χ0v) is 10.3. The molecule has 0 aromatic heterocycles. The molecule has 0 aliphatic carbocycles. The predicted octanol–water partition coefficient (Wildman–Crippen LogP) is 2.26. The zero-order chi connectivity index (χ0) is 11.4. The largest absolute Gasteiger partial charge is 0.302 e. The van der Waals surface area contributed by atoms with Crippen LogP contribution in [0.2, 0.25) is 0 Å². The summed E-state index contributed by atoms with van der Waals surface area (Å²) < 4.78 is 13.4. The van der Waals surface area contributed by atoms with Gasteiger partial charge in [0.15, 0.2) is 5.78 Å². The van der Waals surface area contributed by atoms with Crippen LogP contribution in [0.4, 0.5) is 4.39 Å². The molecule has 15 heavy (non-hydrogen) atoms. The van der Waals surface area contributed by atoms with Crippen LogP contribution < -0.4 is 0 Å². The fraction of sp³-hybridized carbons (Fsp3) is 0.364. The number of nitrogens with zero attached hydrogens (tertiary/aromatic N) is 1. The Bertz CT molecular complexity index is 366. The molecule has 0 saturated carbocycles. The van der Waals surface area contributed by atoms with E-state index in [1.807, 2.05) is 19.0 Å². The van der Waals surface area contributed by atoms with Crippen molar-refractivity contribution in [2.45, 2.75) is 6.42 Å². The minimum atomic E-state index is -0.300. The molecule has 0 spiro atoms. The maximum atomic E-state index is 12.8. The van der Waals surface area contributed by atoms with Crippen LogP contribution in [0.1, 0.15) is 5.56 Å². The molecule has 1 aromatic carbocycles. The van der Waals surface area contributed by atoms with Gasteiger partial charge >= 0.3 is 0 Å². The minimum Gasteiger partial charge on any atom is -0.302 e. The Morgan fingerprint density at radius 1 is 1.47 bits per heavy atom. The first-order valence-corrected chi connectivity index (χ1v) is 5.38. The lowest BCUT2D eigenvalue weighted by Crippen LogP contribution is -2.23. The second-order valence-electron chi connectivity index (χ2n) is 3.69. The molecule has 0 amide bonds. The highest BCUT2D eigenvalue weighted by atomic mass is 79.9. The molecule has 0 aliphatic heterocycles. The zero-order valence-electron chi connectivity index (χ0n) is 8.76. The fourth-order valence-electron chi connectivity index (χ4n) is 1.29. The van der Waals surface area contributed by atoms with Crippen molar-refractivity contribution in [3.05, 3.63) is 34.1 Å². The molecule has 1 rings (SSSR count). The first-order chi connectivity index (χ1) is 6.99. The highest BCUT2D eigenvalue weighted by Crippen LogP contribution is 2.18. The van der Waals surface area contributed by atoms with Gasteiger partial charge in [0.2, 0.25) is 0 Å². The standard InChI is InChI=1S/C11H13BrFNO/c1-14(2)7-10(15)5-8-3-4-9(13)6-11(8)12/h3-4,6H,5,7H2,1-2H3. The van der Waals surface area contributed by atoms with Crippen molar-refractivity contribution in [2.24, 2.45) is 0 Å². The summed E-state index contributed by atoms with van der Waals surface area (Å²) in [5.74, 6) is -0.182. The van der Waals surface area contributed by atoms with E-state index in [1.165, 1.54) is 12.1 Å². The van der Waals surface area contributed by atoms with Crippen molar-refractivity contribution in [1.29, 1.82) is 0 Å². The van der Waals surface area contributed by atoms with Crippen molar-refractivity contribution in [3.63, 3.8) is 0 Å². The van der Waals surface area contributed by atoms with Gasteiger partial charge in [0.1, 0.15) is 5.82 Å². The Labute approximate surface area is 97.2 Å². The van der Waals surface area contributed by atoms with Gasteiger partial charge in [0.05, 0.1) is 6.54 Å². The van der Waals surface area contributed by atoms with Crippen molar-refractivity contribution < 1.29 is 9.18 Å². The second-order valence-corrected chi connectivity index (χ2v) is 4.54. The third kappa shape index (κ3) is 4.10. The van der Waals surface area contributed by atoms with Crippen molar-refractivity contribution >= 4 is 21.7 Å². The van der Waals surface area contributed by atoms with Crippen LogP contribution in [0, 0.1) is 5.82 Å². The molecule has 0 saturated heterocycles. The van der Waals surface area contributed by atoms with Crippen LogP contribution in [-0.2, 0) is 11.2 Å². The van der Waals surface area contributed by atoms with Crippen molar-refractivity contribution in [1.82, 2.24) is 4.90 Å². The van der Waals surface area contributed by atoms with E-state index in [9.17, 15) is 9.18 Å². The molecule has 82 valence electrons. The van der Waals surface area contributed by atoms with Gasteiger partial charge in [-0.05, 0) is 31.8 Å². The second kappa shape index (κ2) is 5.37. The number of Topliss-reactive ketones (excluding diaryl/α,β-unsaturated/α-hetero) is 1. The van der Waals surface area contributed by atoms with Crippen LogP contribution in [0.5, 0.6) is 0 Å². The van der Waals surface area contributed by atoms with Gasteiger partial charge in [0, 0.05) is 10.9 Å². The number of hydrogen-bond acceptors (Lipinski definition) is 2. The minimum absolute atomic E-state index is 0.118. The van der Waals surface area contributed by atoms with E-state index in [-0.39, 0.29) is 11.6 Å². The number of benzene rings is 1. The van der Waals surface area contributed by atoms with Crippen LogP contribution in [0.3, 0.4) is 0 Å². The van der Waals surface area contributed by atoms with Gasteiger partial charge in [0.25, 0.3) is 0 Å². The Balaban J connectivity index is 2.68. The third-order valence-electron chi connectivity index (χ3n) is 1.90. The Morgan fingerprint density at radius 3 is 2.67 bits per heavy atom. The Morgan fingerprint density at radius 2 is 2.13 bits per heavy atom. The van der Waals surface area contributed by atoms with Gasteiger partial charge < -0.3 is 4.90 Å². The molecular weight excluding hydrogens is 261 g/mol. The van der Waals surface area contributed by atoms with E-state index in [0.29, 0.717) is 17.4 Å². The number of rotatable bonds is 4. The lowest BCUT2D eigenvalue weighted by Gasteiger charge is -2.09. The molecule has 0 heterocycles. The molecule has 0 aliphatic rings. The summed E-state index contributed by atoms with van der Waals surface area (Å²) in [6, 6.07) is 4.37. The average Bonchev–Trinajstić information content (AvgIpc) is 2.08. The number of carbonyl (C=O) groups excluding carboxylic acids is 1. The maximum Gasteiger partial charge on any atom is 0.151 e. The fourth-order valence-corrected chi connectivity index (χ4v) is 1.78. The number of ketones is 1. The van der Waals surface area contributed by atoms with Gasteiger partial charge in [-0.1, -0.05) is 22.0 Å². The number of carbonyl (C=O) groups is 1. The quantitative estimate of drug-likeness (QED) is 0.839. The summed E-state index contributed by atoms with van der Waals surface area (Å²) >= 11 is 3.24. The molecule has 0 unspecified atom stereocenters. The highest BCUT2D eigenvalue weighted by molar-refractivity contribution is 9.10. The number of halogens is 2. The Kier molecular flexibility index (Phi) is 4.42. The normalized spacial score (nSPS) is 10.7. The van der Waals surface area contributed by atoms with Gasteiger partial charge in [-0.2, -0.15) is 0 Å². The maximum absolute atomic E-state index is 12.8. The van der Waals surface area contributed by atoms with E-state index in [2.05, 4.69) is 15.9 Å². The average molecular weight is 274 g/mol. The summed E-state index contributed by atoms with van der Waals surface area (Å²) in [5.41, 5.74) is 0.822. The number of hydrogen-bond donors (Lipinski definition) is 0. The molecule has 0 radical (unpaired) electrons. The molecule has 2 nitrogen and oxygen atoms in total. The highest BCUT2D eigenvalue weighted by Gasteiger charge is 2.08. The summed E-state index contributed by atoms with van der Waals surface area (Å²) in [7, 11) is 3.69. The molecular formula is C11H13BrFNO. The topological polar surface area (TPSA) is 20.3 Å². The molecule has 4 heteroatoms. The number of likely N-dealkylation sites (N-methyl/N-ethyl adjacent to an activating group) is 1. The van der Waals surface area contributed by atoms with E-state index in [0.717, 1.165) is 5.56 Å². The smallest absolute Gasteiger partial charge is 0.151 e. The van der Waals surface area contributed by atoms with E-state index in [1.54, 1.807) is 6.07 Å². The van der Waals surface area contributed by atoms with E-state index < -0.39 is 0 Å². The summed E-state index contributed by atoms with van der Waals surface area (Å²) in [6.45, 7) is 0.407.